The maximum absolute atomic E-state index is 6.53. The highest BCUT2D eigenvalue weighted by atomic mass is 79.9. The van der Waals surface area contributed by atoms with E-state index < -0.39 is 0 Å². The second-order valence-corrected chi connectivity index (χ2v) is 6.55. The average molecular weight is 389 g/mol. The molecule has 0 radical (unpaired) electrons. The molecule has 0 amide bonds. The summed E-state index contributed by atoms with van der Waals surface area (Å²) >= 11 is 13.5. The molecule has 0 saturated carbocycles. The molecule has 0 spiro atoms. The zero-order valence-electron chi connectivity index (χ0n) is 9.96. The van der Waals surface area contributed by atoms with Crippen molar-refractivity contribution in [2.45, 2.75) is 18.7 Å². The molecule has 18 heavy (non-hydrogen) atoms. The largest absolute Gasteiger partial charge is 0.117 e. The normalized spacial score (nSPS) is 12.4. The predicted octanol–water partition coefficient (Wildman–Crippen LogP) is 6.04. The van der Waals surface area contributed by atoms with Crippen LogP contribution in [0.5, 0.6) is 0 Å². The van der Waals surface area contributed by atoms with Crippen molar-refractivity contribution in [3.05, 3.63) is 68.1 Å². The van der Waals surface area contributed by atoms with Crippen molar-refractivity contribution in [2.75, 3.05) is 0 Å². The van der Waals surface area contributed by atoms with Gasteiger partial charge in [0.15, 0.2) is 0 Å². The molecule has 0 saturated heterocycles. The van der Waals surface area contributed by atoms with Crippen molar-refractivity contribution in [2.24, 2.45) is 0 Å². The van der Waals surface area contributed by atoms with E-state index >= 15 is 0 Å². The van der Waals surface area contributed by atoms with Gasteiger partial charge < -0.3 is 0 Å². The zero-order valence-corrected chi connectivity index (χ0v) is 13.9. The standard InChI is InChI=1S/C15H13Br2Cl/c1-10-13(3-2-4-14(10)17)15(18)9-11-5-7-12(16)8-6-11/h2-8,15H,9H2,1H3. The summed E-state index contributed by atoms with van der Waals surface area (Å²) in [6.07, 6.45) is 0.839. The molecular weight excluding hydrogens is 375 g/mol. The average Bonchev–Trinajstić information content (AvgIpc) is 2.35. The topological polar surface area (TPSA) is 0 Å². The minimum atomic E-state index is 0.00340. The molecule has 3 heteroatoms. The lowest BCUT2D eigenvalue weighted by Crippen LogP contribution is -1.98. The first-order chi connectivity index (χ1) is 8.58. The zero-order chi connectivity index (χ0) is 13.1. The number of benzene rings is 2. The van der Waals surface area contributed by atoms with Gasteiger partial charge in [-0.25, -0.2) is 0 Å². The minimum Gasteiger partial charge on any atom is -0.117 e. The van der Waals surface area contributed by atoms with Gasteiger partial charge in [0.25, 0.3) is 0 Å². The number of hydrogen-bond donors (Lipinski definition) is 0. The summed E-state index contributed by atoms with van der Waals surface area (Å²) in [6.45, 7) is 2.09. The highest BCUT2D eigenvalue weighted by molar-refractivity contribution is 9.10. The van der Waals surface area contributed by atoms with Gasteiger partial charge in [-0.1, -0.05) is 56.1 Å². The van der Waals surface area contributed by atoms with Crippen LogP contribution in [0, 0.1) is 6.92 Å². The number of alkyl halides is 1. The van der Waals surface area contributed by atoms with Crippen LogP contribution in [0.2, 0.25) is 0 Å². The van der Waals surface area contributed by atoms with E-state index in [2.05, 4.69) is 57.0 Å². The summed E-state index contributed by atoms with van der Waals surface area (Å²) < 4.78 is 2.21. The Balaban J connectivity index is 2.19. The Labute approximate surface area is 130 Å². The Morgan fingerprint density at radius 2 is 1.72 bits per heavy atom. The summed E-state index contributed by atoms with van der Waals surface area (Å²) in [5.41, 5.74) is 3.65. The van der Waals surface area contributed by atoms with Gasteiger partial charge in [0.05, 0.1) is 5.38 Å². The van der Waals surface area contributed by atoms with Crippen LogP contribution in [0.1, 0.15) is 22.1 Å². The molecule has 1 atom stereocenters. The quantitative estimate of drug-likeness (QED) is 0.562. The van der Waals surface area contributed by atoms with Crippen LogP contribution in [-0.4, -0.2) is 0 Å². The molecule has 0 heterocycles. The van der Waals surface area contributed by atoms with Crippen molar-refractivity contribution in [1.29, 1.82) is 0 Å². The number of halogens is 3. The minimum absolute atomic E-state index is 0.00340. The van der Waals surface area contributed by atoms with Gasteiger partial charge >= 0.3 is 0 Å². The molecule has 2 rings (SSSR count). The van der Waals surface area contributed by atoms with E-state index in [0.717, 1.165) is 15.4 Å². The fourth-order valence-corrected chi connectivity index (χ4v) is 2.96. The van der Waals surface area contributed by atoms with Gasteiger partial charge in [0.2, 0.25) is 0 Å². The Morgan fingerprint density at radius 1 is 1.06 bits per heavy atom. The Bertz CT molecular complexity index is 535. The molecule has 0 N–H and O–H groups in total. The lowest BCUT2D eigenvalue weighted by atomic mass is 10.0. The van der Waals surface area contributed by atoms with Crippen LogP contribution in [0.25, 0.3) is 0 Å². The van der Waals surface area contributed by atoms with Crippen LogP contribution in [-0.2, 0) is 6.42 Å². The van der Waals surface area contributed by atoms with E-state index in [1.54, 1.807) is 0 Å². The van der Waals surface area contributed by atoms with Crippen molar-refractivity contribution in [3.63, 3.8) is 0 Å². The molecule has 1 unspecified atom stereocenters. The van der Waals surface area contributed by atoms with E-state index in [1.807, 2.05) is 24.3 Å². The van der Waals surface area contributed by atoms with Crippen LogP contribution < -0.4 is 0 Å². The van der Waals surface area contributed by atoms with Crippen molar-refractivity contribution < 1.29 is 0 Å². The lowest BCUT2D eigenvalue weighted by molar-refractivity contribution is 0.908. The van der Waals surface area contributed by atoms with Crippen LogP contribution in [0.15, 0.2) is 51.4 Å². The SMILES string of the molecule is Cc1c(Br)cccc1C(Cl)Cc1ccc(Br)cc1. The van der Waals surface area contributed by atoms with E-state index in [9.17, 15) is 0 Å². The van der Waals surface area contributed by atoms with Crippen LogP contribution in [0.4, 0.5) is 0 Å². The summed E-state index contributed by atoms with van der Waals surface area (Å²) in [5, 5.41) is 0.00340. The van der Waals surface area contributed by atoms with Crippen molar-refractivity contribution in [3.8, 4) is 0 Å². The van der Waals surface area contributed by atoms with Gasteiger partial charge in [-0.2, -0.15) is 0 Å². The third-order valence-electron chi connectivity index (χ3n) is 2.98. The molecule has 0 aliphatic heterocycles. The van der Waals surface area contributed by atoms with E-state index in [-0.39, 0.29) is 5.38 Å². The highest BCUT2D eigenvalue weighted by Gasteiger charge is 2.12. The summed E-state index contributed by atoms with van der Waals surface area (Å²) in [4.78, 5) is 0. The molecule has 0 bridgehead atoms. The highest BCUT2D eigenvalue weighted by Crippen LogP contribution is 2.31. The lowest BCUT2D eigenvalue weighted by Gasteiger charge is -2.14. The Morgan fingerprint density at radius 3 is 2.39 bits per heavy atom. The van der Waals surface area contributed by atoms with E-state index in [1.165, 1.54) is 16.7 Å². The van der Waals surface area contributed by atoms with E-state index in [4.69, 9.17) is 11.6 Å². The summed E-state index contributed by atoms with van der Waals surface area (Å²) in [7, 11) is 0. The molecular formula is C15H13Br2Cl. The fourth-order valence-electron chi connectivity index (χ4n) is 1.90. The maximum Gasteiger partial charge on any atom is 0.0628 e. The molecule has 2 aromatic rings. The molecule has 0 aliphatic rings. The van der Waals surface area contributed by atoms with Gasteiger partial charge in [-0.05, 0) is 48.2 Å². The van der Waals surface area contributed by atoms with Gasteiger partial charge in [-0.15, -0.1) is 11.6 Å². The molecule has 0 aromatic heterocycles. The first kappa shape index (κ1) is 14.1. The van der Waals surface area contributed by atoms with Gasteiger partial charge in [0.1, 0.15) is 0 Å². The number of hydrogen-bond acceptors (Lipinski definition) is 0. The summed E-state index contributed by atoms with van der Waals surface area (Å²) in [6, 6.07) is 14.5. The maximum atomic E-state index is 6.53. The molecule has 0 fully saturated rings. The Hall–Kier alpha value is -0.310. The monoisotopic (exact) mass is 386 g/mol. The van der Waals surface area contributed by atoms with E-state index in [0.29, 0.717) is 0 Å². The smallest absolute Gasteiger partial charge is 0.0628 e. The second-order valence-electron chi connectivity index (χ2n) is 4.25. The molecule has 94 valence electrons. The molecule has 2 aromatic carbocycles. The molecule has 0 aliphatic carbocycles. The summed E-state index contributed by atoms with van der Waals surface area (Å²) in [5.74, 6) is 0. The van der Waals surface area contributed by atoms with Crippen LogP contribution >= 0.6 is 43.5 Å². The first-order valence-corrected chi connectivity index (χ1v) is 7.73. The first-order valence-electron chi connectivity index (χ1n) is 5.71. The third-order valence-corrected chi connectivity index (χ3v) is 4.75. The Kier molecular flexibility index (Phi) is 4.88. The van der Waals surface area contributed by atoms with Gasteiger partial charge in [0, 0.05) is 8.95 Å². The van der Waals surface area contributed by atoms with Gasteiger partial charge in [-0.3, -0.25) is 0 Å². The third kappa shape index (κ3) is 3.37. The van der Waals surface area contributed by atoms with Crippen molar-refractivity contribution >= 4 is 43.5 Å². The predicted molar refractivity (Wildman–Crippen MR) is 85.3 cm³/mol. The van der Waals surface area contributed by atoms with Crippen LogP contribution in [0.3, 0.4) is 0 Å². The second kappa shape index (κ2) is 6.23. The fraction of sp³-hybridized carbons (Fsp3) is 0.200. The molecule has 0 nitrogen and oxygen atoms in total. The number of rotatable bonds is 3. The van der Waals surface area contributed by atoms with Crippen molar-refractivity contribution in [1.82, 2.24) is 0 Å².